The Hall–Kier alpha value is -3.07. The third kappa shape index (κ3) is 5.52. The first-order chi connectivity index (χ1) is 16.2. The Kier molecular flexibility index (Phi) is 7.11. The van der Waals surface area contributed by atoms with Gasteiger partial charge in [0.15, 0.2) is 0 Å². The zero-order valence-corrected chi connectivity index (χ0v) is 19.1. The quantitative estimate of drug-likeness (QED) is 0.644. The molecule has 182 valence electrons. The maximum Gasteiger partial charge on any atom is 0.416 e. The molecule has 2 aromatic rings. The van der Waals surface area contributed by atoms with E-state index in [0.29, 0.717) is 0 Å². The maximum absolute atomic E-state index is 12.7. The molecule has 2 N–H and O–H groups in total. The average Bonchev–Trinajstić information content (AvgIpc) is 3.19. The van der Waals surface area contributed by atoms with Gasteiger partial charge in [0.2, 0.25) is 0 Å². The molecule has 1 atom stereocenters. The van der Waals surface area contributed by atoms with Crippen LogP contribution in [0.15, 0.2) is 42.5 Å². The van der Waals surface area contributed by atoms with Gasteiger partial charge in [-0.05, 0) is 73.8 Å². The van der Waals surface area contributed by atoms with Crippen LogP contribution >= 0.6 is 0 Å². The minimum atomic E-state index is -4.46. The van der Waals surface area contributed by atoms with Crippen molar-refractivity contribution in [3.8, 4) is 0 Å². The molecule has 0 radical (unpaired) electrons. The van der Waals surface area contributed by atoms with Crippen molar-refractivity contribution in [2.45, 2.75) is 37.9 Å². The molecular formula is C25H29F3N4O2. The van der Waals surface area contributed by atoms with E-state index in [1.807, 2.05) is 0 Å². The summed E-state index contributed by atoms with van der Waals surface area (Å²) < 4.78 is 38.1. The van der Waals surface area contributed by atoms with Crippen LogP contribution in [0.3, 0.4) is 0 Å². The highest BCUT2D eigenvalue weighted by atomic mass is 19.4. The summed E-state index contributed by atoms with van der Waals surface area (Å²) in [7, 11) is 2.07. The lowest BCUT2D eigenvalue weighted by atomic mass is 9.98. The van der Waals surface area contributed by atoms with Gasteiger partial charge in [0, 0.05) is 31.5 Å². The van der Waals surface area contributed by atoms with E-state index in [1.54, 1.807) is 0 Å². The summed E-state index contributed by atoms with van der Waals surface area (Å²) in [6.07, 6.45) is -0.121. The van der Waals surface area contributed by atoms with Gasteiger partial charge < -0.3 is 15.5 Å². The number of rotatable bonds is 5. The number of carbonyl (C=O) groups excluding carboxylic acids is 2. The number of carbonyl (C=O) groups is 2. The normalized spacial score (nSPS) is 17.2. The number of piperidine rings is 1. The Morgan fingerprint density at radius 2 is 1.68 bits per heavy atom. The number of halogens is 3. The second kappa shape index (κ2) is 10.0. The van der Waals surface area contributed by atoms with Gasteiger partial charge in [0.05, 0.1) is 11.6 Å². The molecule has 2 amide bonds. The molecule has 0 spiro atoms. The maximum atomic E-state index is 12.7. The van der Waals surface area contributed by atoms with Gasteiger partial charge in [-0.2, -0.15) is 13.2 Å². The number of anilines is 2. The van der Waals surface area contributed by atoms with E-state index in [1.165, 1.54) is 17.7 Å². The van der Waals surface area contributed by atoms with Crippen LogP contribution in [-0.4, -0.2) is 49.9 Å². The second-order valence-corrected chi connectivity index (χ2v) is 8.91. The summed E-state index contributed by atoms with van der Waals surface area (Å²) in [5, 5.41) is 5.09. The standard InChI is InChI=1S/C25H29F3N4O2/c1-31-14-11-18-15-17(5-10-21(18)31)22(32-12-3-2-4-13-32)16-29-23(33)24(34)30-20-8-6-19(7-9-20)25(26,27)28/h5-10,15,22H,2-4,11-14,16H2,1H3,(H,29,33)(H,30,34). The van der Waals surface area contributed by atoms with Gasteiger partial charge in [-0.3, -0.25) is 14.5 Å². The Morgan fingerprint density at radius 1 is 0.971 bits per heavy atom. The zero-order chi connectivity index (χ0) is 24.3. The van der Waals surface area contributed by atoms with Crippen LogP contribution in [0.5, 0.6) is 0 Å². The van der Waals surface area contributed by atoms with E-state index in [9.17, 15) is 22.8 Å². The Bertz CT molecular complexity index is 1030. The van der Waals surface area contributed by atoms with Crippen molar-refractivity contribution < 1.29 is 22.8 Å². The van der Waals surface area contributed by atoms with Crippen molar-refractivity contribution in [3.05, 3.63) is 59.2 Å². The van der Waals surface area contributed by atoms with Crippen molar-refractivity contribution >= 4 is 23.2 Å². The highest BCUT2D eigenvalue weighted by Gasteiger charge is 2.30. The van der Waals surface area contributed by atoms with Gasteiger partial charge in [0.25, 0.3) is 0 Å². The fourth-order valence-electron chi connectivity index (χ4n) is 4.68. The second-order valence-electron chi connectivity index (χ2n) is 8.91. The zero-order valence-electron chi connectivity index (χ0n) is 19.1. The van der Waals surface area contributed by atoms with Gasteiger partial charge in [-0.15, -0.1) is 0 Å². The fraction of sp³-hybridized carbons (Fsp3) is 0.440. The number of nitrogens with zero attached hydrogens (tertiary/aromatic N) is 2. The molecule has 0 saturated carbocycles. The lowest BCUT2D eigenvalue weighted by Crippen LogP contribution is -2.43. The number of alkyl halides is 3. The number of amides is 2. The minimum Gasteiger partial charge on any atom is -0.374 e. The topological polar surface area (TPSA) is 64.7 Å². The van der Waals surface area contributed by atoms with Crippen LogP contribution in [0.2, 0.25) is 0 Å². The summed E-state index contributed by atoms with van der Waals surface area (Å²) in [5.41, 5.74) is 2.93. The molecule has 1 saturated heterocycles. The molecule has 2 heterocycles. The first kappa shape index (κ1) is 24.1. The van der Waals surface area contributed by atoms with Crippen molar-refractivity contribution in [1.82, 2.24) is 10.2 Å². The minimum absolute atomic E-state index is 0.0562. The molecule has 4 rings (SSSR count). The third-order valence-corrected chi connectivity index (χ3v) is 6.58. The molecule has 2 aliphatic rings. The molecule has 9 heteroatoms. The van der Waals surface area contributed by atoms with Crippen molar-refractivity contribution in [2.24, 2.45) is 0 Å². The largest absolute Gasteiger partial charge is 0.416 e. The monoisotopic (exact) mass is 474 g/mol. The van der Waals surface area contributed by atoms with E-state index >= 15 is 0 Å². The number of benzene rings is 2. The summed E-state index contributed by atoms with van der Waals surface area (Å²) in [6.45, 7) is 3.10. The Balaban J connectivity index is 1.41. The van der Waals surface area contributed by atoms with E-state index in [0.717, 1.165) is 68.7 Å². The van der Waals surface area contributed by atoms with E-state index in [-0.39, 0.29) is 18.3 Å². The molecule has 1 fully saturated rings. The van der Waals surface area contributed by atoms with Crippen molar-refractivity contribution in [1.29, 1.82) is 0 Å². The predicted molar refractivity (Wildman–Crippen MR) is 125 cm³/mol. The molecule has 2 aromatic carbocycles. The molecular weight excluding hydrogens is 445 g/mol. The number of nitrogens with one attached hydrogen (secondary N) is 2. The smallest absolute Gasteiger partial charge is 0.374 e. The number of fused-ring (bicyclic) bond motifs is 1. The van der Waals surface area contributed by atoms with Gasteiger partial charge in [0.1, 0.15) is 0 Å². The molecule has 34 heavy (non-hydrogen) atoms. The molecule has 2 aliphatic heterocycles. The third-order valence-electron chi connectivity index (χ3n) is 6.58. The Morgan fingerprint density at radius 3 is 2.35 bits per heavy atom. The molecule has 0 aromatic heterocycles. The van der Waals surface area contributed by atoms with E-state index in [2.05, 4.69) is 45.7 Å². The van der Waals surface area contributed by atoms with Crippen LogP contribution in [0.25, 0.3) is 0 Å². The van der Waals surface area contributed by atoms with Crippen LogP contribution in [0, 0.1) is 0 Å². The summed E-state index contributed by atoms with van der Waals surface area (Å²) in [6, 6.07) is 10.3. The SMILES string of the molecule is CN1CCc2cc(C(CNC(=O)C(=O)Nc3ccc(C(F)(F)F)cc3)N3CCCCC3)ccc21. The summed E-state index contributed by atoms with van der Waals surface area (Å²) in [4.78, 5) is 29.4. The van der Waals surface area contributed by atoms with Gasteiger partial charge in [-0.1, -0.05) is 18.6 Å². The lowest BCUT2D eigenvalue weighted by Gasteiger charge is -2.35. The molecule has 0 aliphatic carbocycles. The number of likely N-dealkylation sites (tertiary alicyclic amines) is 1. The predicted octanol–water partition coefficient (Wildman–Crippen LogP) is 3.98. The first-order valence-electron chi connectivity index (χ1n) is 11.6. The van der Waals surface area contributed by atoms with Gasteiger partial charge >= 0.3 is 18.0 Å². The first-order valence-corrected chi connectivity index (χ1v) is 11.6. The Labute approximate surface area is 197 Å². The number of likely N-dealkylation sites (N-methyl/N-ethyl adjacent to an activating group) is 1. The van der Waals surface area contributed by atoms with Crippen molar-refractivity contribution in [3.63, 3.8) is 0 Å². The van der Waals surface area contributed by atoms with Crippen LogP contribution < -0.4 is 15.5 Å². The van der Waals surface area contributed by atoms with Gasteiger partial charge in [-0.25, -0.2) is 0 Å². The van der Waals surface area contributed by atoms with Crippen LogP contribution in [0.4, 0.5) is 24.5 Å². The molecule has 6 nitrogen and oxygen atoms in total. The van der Waals surface area contributed by atoms with E-state index in [4.69, 9.17) is 0 Å². The van der Waals surface area contributed by atoms with E-state index < -0.39 is 23.6 Å². The highest BCUT2D eigenvalue weighted by Crippen LogP contribution is 2.32. The molecule has 0 bridgehead atoms. The molecule has 1 unspecified atom stereocenters. The van der Waals surface area contributed by atoms with Crippen LogP contribution in [0.1, 0.15) is 42.0 Å². The number of hydrogen-bond donors (Lipinski definition) is 2. The highest BCUT2D eigenvalue weighted by molar-refractivity contribution is 6.39. The summed E-state index contributed by atoms with van der Waals surface area (Å²) in [5.74, 6) is -1.73. The summed E-state index contributed by atoms with van der Waals surface area (Å²) >= 11 is 0. The van der Waals surface area contributed by atoms with Crippen LogP contribution in [-0.2, 0) is 22.2 Å². The van der Waals surface area contributed by atoms with Crippen molar-refractivity contribution in [2.75, 3.05) is 43.4 Å². The average molecular weight is 475 g/mol. The lowest BCUT2D eigenvalue weighted by molar-refractivity contribution is -0.137. The fourth-order valence-corrected chi connectivity index (χ4v) is 4.68. The number of hydrogen-bond acceptors (Lipinski definition) is 4.